The smallest absolute Gasteiger partial charge is 0.252 e. The van der Waals surface area contributed by atoms with E-state index in [1.807, 2.05) is 6.07 Å². The number of para-hydroxylation sites is 1. The van der Waals surface area contributed by atoms with E-state index in [-0.39, 0.29) is 5.91 Å². The molecule has 1 aromatic rings. The van der Waals surface area contributed by atoms with Crippen LogP contribution in [0, 0.1) is 0 Å². The standard InChI is InChI=1S/C16H22N4O/c1-2-10-17-15-18-14(21)16(19-15)8-11-20(12-9-16)13-6-4-3-5-7-13/h3-7H,2,8-12H2,1H3,(H2,17,18,19,21). The number of piperidine rings is 1. The van der Waals surface area contributed by atoms with Gasteiger partial charge in [0, 0.05) is 25.3 Å². The summed E-state index contributed by atoms with van der Waals surface area (Å²) in [6.07, 6.45) is 2.59. The van der Waals surface area contributed by atoms with Gasteiger partial charge in [0.1, 0.15) is 5.54 Å². The Kier molecular flexibility index (Phi) is 3.82. The summed E-state index contributed by atoms with van der Waals surface area (Å²) in [6, 6.07) is 10.4. The normalized spacial score (nSPS) is 22.4. The van der Waals surface area contributed by atoms with Gasteiger partial charge in [-0.3, -0.25) is 15.1 Å². The van der Waals surface area contributed by atoms with Gasteiger partial charge in [-0.15, -0.1) is 0 Å². The molecule has 0 atom stereocenters. The lowest BCUT2D eigenvalue weighted by molar-refractivity contribution is -0.124. The van der Waals surface area contributed by atoms with Crippen molar-refractivity contribution >= 4 is 17.6 Å². The number of carbonyl (C=O) groups is 1. The first-order valence-electron chi connectivity index (χ1n) is 7.67. The summed E-state index contributed by atoms with van der Waals surface area (Å²) in [5.41, 5.74) is 0.767. The number of nitrogens with one attached hydrogen (secondary N) is 2. The van der Waals surface area contributed by atoms with Gasteiger partial charge >= 0.3 is 0 Å². The van der Waals surface area contributed by atoms with Gasteiger partial charge in [-0.05, 0) is 31.4 Å². The summed E-state index contributed by atoms with van der Waals surface area (Å²) in [5.74, 6) is 0.722. The molecule has 0 aliphatic carbocycles. The Bertz CT molecular complexity index is 532. The van der Waals surface area contributed by atoms with Crippen LogP contribution in [0.5, 0.6) is 0 Å². The second-order valence-electron chi connectivity index (χ2n) is 5.71. The number of benzene rings is 1. The highest BCUT2D eigenvalue weighted by molar-refractivity contribution is 6.09. The van der Waals surface area contributed by atoms with Gasteiger partial charge in [-0.1, -0.05) is 25.1 Å². The zero-order chi connectivity index (χ0) is 14.7. The predicted molar refractivity (Wildman–Crippen MR) is 84.5 cm³/mol. The van der Waals surface area contributed by atoms with Crippen LogP contribution < -0.4 is 15.5 Å². The molecule has 2 aliphatic rings. The molecule has 112 valence electrons. The molecule has 2 saturated heterocycles. The molecule has 1 amide bonds. The van der Waals surface area contributed by atoms with Crippen molar-refractivity contribution in [1.82, 2.24) is 10.6 Å². The minimum Gasteiger partial charge on any atom is -0.371 e. The van der Waals surface area contributed by atoms with Gasteiger partial charge in [0.2, 0.25) is 0 Å². The highest BCUT2D eigenvalue weighted by Gasteiger charge is 2.46. The van der Waals surface area contributed by atoms with Gasteiger partial charge in [-0.2, -0.15) is 0 Å². The summed E-state index contributed by atoms with van der Waals surface area (Å²) in [4.78, 5) is 19.0. The van der Waals surface area contributed by atoms with Crippen molar-refractivity contribution in [2.24, 2.45) is 4.99 Å². The second kappa shape index (κ2) is 5.76. The molecule has 2 fully saturated rings. The molecular weight excluding hydrogens is 264 g/mol. The van der Waals surface area contributed by atoms with E-state index < -0.39 is 5.54 Å². The number of aliphatic imine (C=N–C) groups is 1. The largest absolute Gasteiger partial charge is 0.371 e. The van der Waals surface area contributed by atoms with Gasteiger partial charge in [0.05, 0.1) is 0 Å². The van der Waals surface area contributed by atoms with Crippen molar-refractivity contribution in [2.75, 3.05) is 24.5 Å². The molecule has 2 aliphatic heterocycles. The average Bonchev–Trinajstić information content (AvgIpc) is 2.83. The van der Waals surface area contributed by atoms with Gasteiger partial charge in [0.15, 0.2) is 5.96 Å². The Hall–Kier alpha value is -2.04. The Morgan fingerprint density at radius 3 is 2.62 bits per heavy atom. The fourth-order valence-electron chi connectivity index (χ4n) is 2.98. The maximum atomic E-state index is 12.3. The molecule has 1 spiro atoms. The van der Waals surface area contributed by atoms with Gasteiger partial charge in [0.25, 0.3) is 5.91 Å². The van der Waals surface area contributed by atoms with Crippen molar-refractivity contribution < 1.29 is 4.79 Å². The monoisotopic (exact) mass is 286 g/mol. The van der Waals surface area contributed by atoms with Crippen LogP contribution in [0.4, 0.5) is 5.69 Å². The van der Waals surface area contributed by atoms with Crippen LogP contribution in [0.25, 0.3) is 0 Å². The van der Waals surface area contributed by atoms with E-state index >= 15 is 0 Å². The molecule has 0 saturated carbocycles. The third-order valence-corrected chi connectivity index (χ3v) is 4.26. The Balaban J connectivity index is 1.66. The highest BCUT2D eigenvalue weighted by Crippen LogP contribution is 2.28. The number of anilines is 1. The number of guanidine groups is 1. The van der Waals surface area contributed by atoms with E-state index in [0.29, 0.717) is 5.96 Å². The van der Waals surface area contributed by atoms with Crippen LogP contribution in [-0.2, 0) is 4.79 Å². The average molecular weight is 286 g/mol. The van der Waals surface area contributed by atoms with E-state index in [0.717, 1.165) is 38.9 Å². The van der Waals surface area contributed by atoms with Crippen molar-refractivity contribution in [1.29, 1.82) is 0 Å². The zero-order valence-corrected chi connectivity index (χ0v) is 12.4. The van der Waals surface area contributed by atoms with Crippen LogP contribution in [-0.4, -0.2) is 37.0 Å². The van der Waals surface area contributed by atoms with E-state index in [9.17, 15) is 4.79 Å². The molecule has 0 aromatic heterocycles. The van der Waals surface area contributed by atoms with Crippen molar-refractivity contribution in [3.8, 4) is 0 Å². The third-order valence-electron chi connectivity index (χ3n) is 4.26. The van der Waals surface area contributed by atoms with E-state index in [4.69, 9.17) is 0 Å². The van der Waals surface area contributed by atoms with Crippen molar-refractivity contribution in [2.45, 2.75) is 31.7 Å². The number of hydrogen-bond acceptors (Lipinski definition) is 3. The highest BCUT2D eigenvalue weighted by atomic mass is 16.2. The van der Waals surface area contributed by atoms with Gasteiger partial charge in [-0.25, -0.2) is 0 Å². The first kappa shape index (κ1) is 13.9. The minimum absolute atomic E-state index is 0.0741. The molecule has 21 heavy (non-hydrogen) atoms. The topological polar surface area (TPSA) is 56.7 Å². The predicted octanol–water partition coefficient (Wildman–Crippen LogP) is 1.51. The zero-order valence-electron chi connectivity index (χ0n) is 12.4. The lowest BCUT2D eigenvalue weighted by Gasteiger charge is -2.38. The summed E-state index contributed by atoms with van der Waals surface area (Å²) < 4.78 is 0. The minimum atomic E-state index is -0.460. The Labute approximate surface area is 125 Å². The number of nitrogens with zero attached hydrogens (tertiary/aromatic N) is 2. The van der Waals surface area contributed by atoms with E-state index in [2.05, 4.69) is 51.7 Å². The second-order valence-corrected chi connectivity index (χ2v) is 5.71. The van der Waals surface area contributed by atoms with Crippen molar-refractivity contribution in [3.63, 3.8) is 0 Å². The molecule has 2 N–H and O–H groups in total. The summed E-state index contributed by atoms with van der Waals surface area (Å²) in [6.45, 7) is 4.58. The molecular formula is C16H22N4O. The number of rotatable bonds is 3. The molecule has 5 heteroatoms. The van der Waals surface area contributed by atoms with E-state index in [1.165, 1.54) is 5.69 Å². The SMILES string of the molecule is CCCN=C1NC(=O)C2(CCN(c3ccccc3)CC2)N1. The third kappa shape index (κ3) is 2.73. The lowest BCUT2D eigenvalue weighted by atomic mass is 9.87. The van der Waals surface area contributed by atoms with Gasteiger partial charge < -0.3 is 10.2 Å². The number of amides is 1. The molecule has 3 rings (SSSR count). The lowest BCUT2D eigenvalue weighted by Crippen LogP contribution is -2.55. The first-order valence-corrected chi connectivity index (χ1v) is 7.67. The van der Waals surface area contributed by atoms with Crippen LogP contribution in [0.3, 0.4) is 0 Å². The van der Waals surface area contributed by atoms with Crippen LogP contribution in [0.2, 0.25) is 0 Å². The number of carbonyl (C=O) groups excluding carboxylic acids is 1. The molecule has 0 radical (unpaired) electrons. The Morgan fingerprint density at radius 2 is 1.95 bits per heavy atom. The van der Waals surface area contributed by atoms with Crippen LogP contribution >= 0.6 is 0 Å². The van der Waals surface area contributed by atoms with Crippen LogP contribution in [0.15, 0.2) is 35.3 Å². The quantitative estimate of drug-likeness (QED) is 0.885. The maximum Gasteiger partial charge on any atom is 0.252 e. The summed E-state index contributed by atoms with van der Waals surface area (Å²) >= 11 is 0. The summed E-state index contributed by atoms with van der Waals surface area (Å²) in [7, 11) is 0. The molecule has 2 heterocycles. The first-order chi connectivity index (χ1) is 10.2. The maximum absolute atomic E-state index is 12.3. The molecule has 5 nitrogen and oxygen atoms in total. The molecule has 1 aromatic carbocycles. The number of hydrogen-bond donors (Lipinski definition) is 2. The fraction of sp³-hybridized carbons (Fsp3) is 0.500. The Morgan fingerprint density at radius 1 is 1.24 bits per heavy atom. The van der Waals surface area contributed by atoms with Crippen molar-refractivity contribution in [3.05, 3.63) is 30.3 Å². The van der Waals surface area contributed by atoms with E-state index in [1.54, 1.807) is 0 Å². The molecule has 0 bridgehead atoms. The molecule has 0 unspecified atom stereocenters. The summed E-state index contributed by atoms with van der Waals surface area (Å²) in [5, 5.41) is 6.21. The van der Waals surface area contributed by atoms with Crippen LogP contribution in [0.1, 0.15) is 26.2 Å². The fourth-order valence-corrected chi connectivity index (χ4v) is 2.98.